The summed E-state index contributed by atoms with van der Waals surface area (Å²) in [5.74, 6) is 0. The van der Waals surface area contributed by atoms with E-state index in [1.54, 1.807) is 0 Å². The monoisotopic (exact) mass is 616 g/mol. The van der Waals surface area contributed by atoms with Crippen LogP contribution in [0.25, 0.3) is 0 Å². The first-order valence-electron chi connectivity index (χ1n) is 13.7. The van der Waals surface area contributed by atoms with Crippen molar-refractivity contribution in [2.75, 3.05) is 64.1 Å². The van der Waals surface area contributed by atoms with E-state index in [1.165, 1.54) is 0 Å². The van der Waals surface area contributed by atoms with Crippen LogP contribution in [0.1, 0.15) is 22.3 Å². The zero-order valence-electron chi connectivity index (χ0n) is 26.5. The first-order valence-corrected chi connectivity index (χ1v) is 15.1. The smallest absolute Gasteiger partial charge is 0.217 e. The maximum Gasteiger partial charge on any atom is 0.217 e. The molecule has 4 rings (SSSR count). The summed E-state index contributed by atoms with van der Waals surface area (Å²) < 4.78 is 33.0. The Labute approximate surface area is 261 Å². The predicted octanol–water partition coefficient (Wildman–Crippen LogP) is 4.09. The van der Waals surface area contributed by atoms with Gasteiger partial charge in [0.05, 0.1) is 7.11 Å². The van der Waals surface area contributed by atoms with Crippen LogP contribution in [-0.2, 0) is 21.6 Å². The van der Waals surface area contributed by atoms with Crippen molar-refractivity contribution in [3.8, 4) is 0 Å². The molecule has 0 aliphatic heterocycles. The lowest BCUT2D eigenvalue weighted by atomic mass is 10.0. The van der Waals surface area contributed by atoms with Gasteiger partial charge in [0, 0.05) is 93.7 Å². The Morgan fingerprint density at radius 3 is 1.07 bits per heavy atom. The van der Waals surface area contributed by atoms with Crippen LogP contribution in [0.4, 0.5) is 17.1 Å². The lowest BCUT2D eigenvalue weighted by molar-refractivity contribution is -0.671. The van der Waals surface area contributed by atoms with Gasteiger partial charge < -0.3 is 19.3 Å². The van der Waals surface area contributed by atoms with Gasteiger partial charge in [0.25, 0.3) is 0 Å². The molecule has 11 heteroatoms. The van der Waals surface area contributed by atoms with Crippen LogP contribution in [-0.4, -0.2) is 73.8 Å². The lowest BCUT2D eigenvalue weighted by Gasteiger charge is -2.15. The average Bonchev–Trinajstić information content (AvgIpc) is 3.00. The van der Waals surface area contributed by atoms with Gasteiger partial charge in [0.1, 0.15) is 18.5 Å². The SMILES string of the molecule is CN(C)c1ccc(C(=N/N=C(\c2ccc(N(C)C)cc2)c2cc[n+](C)cc2)c2ccc(N(C)C)cc2)cc1.COS(=O)(=O)[O-]. The van der Waals surface area contributed by atoms with Gasteiger partial charge >= 0.3 is 0 Å². The van der Waals surface area contributed by atoms with Crippen LogP contribution < -0.4 is 19.3 Å². The van der Waals surface area contributed by atoms with E-state index in [4.69, 9.17) is 10.2 Å². The van der Waals surface area contributed by atoms with Crippen molar-refractivity contribution in [3.63, 3.8) is 0 Å². The zero-order chi connectivity index (χ0) is 32.4. The zero-order valence-corrected chi connectivity index (χ0v) is 27.3. The maximum atomic E-state index is 9.22. The molecular weight excluding hydrogens is 576 g/mol. The van der Waals surface area contributed by atoms with Crippen molar-refractivity contribution in [1.29, 1.82) is 0 Å². The van der Waals surface area contributed by atoms with Crippen molar-refractivity contribution in [2.45, 2.75) is 0 Å². The molecule has 0 aliphatic rings. The van der Waals surface area contributed by atoms with Crippen LogP contribution in [0.2, 0.25) is 0 Å². The molecule has 0 saturated carbocycles. The van der Waals surface area contributed by atoms with E-state index in [0.29, 0.717) is 0 Å². The third-order valence-electron chi connectivity index (χ3n) is 6.68. The summed E-state index contributed by atoms with van der Waals surface area (Å²) in [4.78, 5) is 6.28. The molecule has 1 aromatic heterocycles. The average molecular weight is 617 g/mol. The highest BCUT2D eigenvalue weighted by atomic mass is 32.3. The first-order chi connectivity index (χ1) is 20.8. The summed E-state index contributed by atoms with van der Waals surface area (Å²) in [6.07, 6.45) is 4.06. The van der Waals surface area contributed by atoms with Gasteiger partial charge in [-0.25, -0.2) is 13.0 Å². The standard InChI is InChI=1S/C32H37N6.CH4O4S/c1-35(2)28-14-8-24(9-15-28)31(25-10-16-29(17-11-25)36(3)4)33-34-32(27-20-22-38(7)23-21-27)26-12-18-30(19-13-26)37(5)6;1-5-6(2,3)4/h8-23H,1-7H3;1H3,(H,2,3,4)/q+1;/p-1. The molecule has 44 heavy (non-hydrogen) atoms. The van der Waals surface area contributed by atoms with Crippen LogP contribution in [0.15, 0.2) is 108 Å². The fourth-order valence-electron chi connectivity index (χ4n) is 4.08. The molecular formula is C33H40N6O4S. The fourth-order valence-corrected chi connectivity index (χ4v) is 4.08. The molecule has 232 valence electrons. The molecule has 0 unspecified atom stereocenters. The molecule has 0 aliphatic carbocycles. The second-order valence-electron chi connectivity index (χ2n) is 10.5. The fraction of sp³-hybridized carbons (Fsp3) is 0.242. The van der Waals surface area contributed by atoms with E-state index in [-0.39, 0.29) is 0 Å². The summed E-state index contributed by atoms with van der Waals surface area (Å²) in [6.45, 7) is 0. The number of aryl methyl sites for hydroxylation is 1. The second-order valence-corrected chi connectivity index (χ2v) is 11.7. The van der Waals surface area contributed by atoms with Gasteiger partial charge in [0.15, 0.2) is 12.4 Å². The predicted molar refractivity (Wildman–Crippen MR) is 178 cm³/mol. The number of hydrogen-bond donors (Lipinski definition) is 0. The van der Waals surface area contributed by atoms with E-state index in [9.17, 15) is 13.0 Å². The van der Waals surface area contributed by atoms with E-state index in [2.05, 4.69) is 104 Å². The van der Waals surface area contributed by atoms with Gasteiger partial charge in [-0.3, -0.25) is 4.18 Å². The van der Waals surface area contributed by atoms with Crippen LogP contribution >= 0.6 is 0 Å². The summed E-state index contributed by atoms with van der Waals surface area (Å²) in [7, 11) is 10.7. The van der Waals surface area contributed by atoms with Crippen molar-refractivity contribution in [1.82, 2.24) is 0 Å². The van der Waals surface area contributed by atoms with Gasteiger partial charge in [-0.15, -0.1) is 10.2 Å². The highest BCUT2D eigenvalue weighted by Crippen LogP contribution is 2.21. The maximum absolute atomic E-state index is 9.22. The van der Waals surface area contributed by atoms with Crippen LogP contribution in [0.5, 0.6) is 0 Å². The van der Waals surface area contributed by atoms with E-state index < -0.39 is 10.4 Å². The third-order valence-corrected chi connectivity index (χ3v) is 7.09. The number of anilines is 3. The molecule has 0 amide bonds. The van der Waals surface area contributed by atoms with Crippen LogP contribution in [0, 0.1) is 0 Å². The Hall–Kier alpha value is -4.58. The molecule has 10 nitrogen and oxygen atoms in total. The van der Waals surface area contributed by atoms with Crippen molar-refractivity contribution < 1.29 is 21.7 Å². The Morgan fingerprint density at radius 1 is 0.591 bits per heavy atom. The first kappa shape index (κ1) is 33.9. The highest BCUT2D eigenvalue weighted by molar-refractivity contribution is 7.80. The van der Waals surface area contributed by atoms with Gasteiger partial charge in [-0.1, -0.05) is 36.4 Å². The Balaban J connectivity index is 0.000000801. The molecule has 0 atom stereocenters. The number of benzene rings is 3. The minimum Gasteiger partial charge on any atom is -0.726 e. The van der Waals surface area contributed by atoms with Gasteiger partial charge in [-0.05, 0) is 36.4 Å². The number of hydrogen-bond acceptors (Lipinski definition) is 9. The van der Waals surface area contributed by atoms with E-state index >= 15 is 0 Å². The molecule has 0 saturated heterocycles. The van der Waals surface area contributed by atoms with Crippen molar-refractivity contribution in [2.24, 2.45) is 17.3 Å². The summed E-state index contributed by atoms with van der Waals surface area (Å²) >= 11 is 0. The van der Waals surface area contributed by atoms with E-state index in [0.717, 1.165) is 57.8 Å². The molecule has 4 aromatic rings. The number of rotatable bonds is 9. The molecule has 0 spiro atoms. The number of nitrogens with zero attached hydrogens (tertiary/aromatic N) is 6. The lowest BCUT2D eigenvalue weighted by Crippen LogP contribution is -2.26. The Kier molecular flexibility index (Phi) is 11.7. The summed E-state index contributed by atoms with van der Waals surface area (Å²) in [5.41, 5.74) is 9.11. The Bertz CT molecular complexity index is 1610. The van der Waals surface area contributed by atoms with Crippen molar-refractivity contribution >= 4 is 38.9 Å². The molecule has 0 bridgehead atoms. The molecule has 1 heterocycles. The van der Waals surface area contributed by atoms with Crippen LogP contribution in [0.3, 0.4) is 0 Å². The number of aromatic nitrogens is 1. The van der Waals surface area contributed by atoms with Gasteiger partial charge in [-0.2, -0.15) is 0 Å². The van der Waals surface area contributed by atoms with Gasteiger partial charge in [0.2, 0.25) is 10.4 Å². The quantitative estimate of drug-likeness (QED) is 0.0917. The Morgan fingerprint density at radius 2 is 0.841 bits per heavy atom. The molecule has 0 N–H and O–H groups in total. The summed E-state index contributed by atoms with van der Waals surface area (Å²) in [6, 6.07) is 29.5. The second kappa shape index (κ2) is 15.2. The summed E-state index contributed by atoms with van der Waals surface area (Å²) in [5, 5.41) is 9.80. The largest absolute Gasteiger partial charge is 0.726 e. The van der Waals surface area contributed by atoms with Crippen molar-refractivity contribution in [3.05, 3.63) is 120 Å². The molecule has 3 aromatic carbocycles. The minimum absolute atomic E-state index is 0.808. The molecule has 0 fully saturated rings. The normalized spacial score (nSPS) is 11.2. The topological polar surface area (TPSA) is 105 Å². The third kappa shape index (κ3) is 9.73. The van der Waals surface area contributed by atoms with E-state index in [1.807, 2.05) is 66.3 Å². The minimum atomic E-state index is -4.41. The highest BCUT2D eigenvalue weighted by Gasteiger charge is 2.13. The molecule has 0 radical (unpaired) electrons. The number of pyridine rings is 1.